The van der Waals surface area contributed by atoms with Crippen LogP contribution < -0.4 is 0 Å². The second-order valence-electron chi connectivity index (χ2n) is 0. The van der Waals surface area contributed by atoms with Crippen molar-refractivity contribution in [2.24, 2.45) is 0 Å². The van der Waals surface area contributed by atoms with Gasteiger partial charge >= 0.3 is 77.9 Å². The van der Waals surface area contributed by atoms with Gasteiger partial charge < -0.3 is 0 Å². The van der Waals surface area contributed by atoms with Crippen LogP contribution in [0.1, 0.15) is 0 Å². The molecule has 0 atom stereocenters. The van der Waals surface area contributed by atoms with Gasteiger partial charge in [-0.15, -0.1) is 0 Å². The van der Waals surface area contributed by atoms with Crippen LogP contribution in [0.2, 0.25) is 0 Å². The Morgan fingerprint density at radius 2 is 1.00 bits per heavy atom. The van der Waals surface area contributed by atoms with E-state index in [4.69, 9.17) is 0 Å². The summed E-state index contributed by atoms with van der Waals surface area (Å²) in [5.74, 6) is 0. The van der Waals surface area contributed by atoms with E-state index in [9.17, 15) is 0 Å². The molecule has 0 unspecified atom stereocenters. The van der Waals surface area contributed by atoms with Gasteiger partial charge in [0.15, 0.2) is 0 Å². The molecule has 0 nitrogen and oxygen atoms in total. The summed E-state index contributed by atoms with van der Waals surface area (Å²) in [6.45, 7) is 0. The third kappa shape index (κ3) is 8.94. The van der Waals surface area contributed by atoms with E-state index >= 15 is 0 Å². The molecule has 0 aromatic rings. The molecule has 3 radical (unpaired) electrons. The Morgan fingerprint density at radius 3 is 1.00 bits per heavy atom. The second kappa shape index (κ2) is 16.4. The Bertz CT molecular complexity index is 8.00. The summed E-state index contributed by atoms with van der Waals surface area (Å²) in [4.78, 5) is 0. The Labute approximate surface area is 93.1 Å². The molecule has 4 heavy (non-hydrogen) atoms. The minimum atomic E-state index is 0. The average molecular weight is 610 g/mol. The molecule has 0 spiro atoms. The van der Waals surface area contributed by atoms with Gasteiger partial charge in [-0.05, 0) is 0 Å². The Kier molecular flexibility index (Phi) is 112. The summed E-state index contributed by atoms with van der Waals surface area (Å²) >= 11 is 0. The molecule has 0 aromatic carbocycles. The fraction of sp³-hybridized carbons (Fsp3) is 0. The van der Waals surface area contributed by atoms with Crippen molar-refractivity contribution in [3.63, 3.8) is 0 Å². The van der Waals surface area contributed by atoms with E-state index in [-0.39, 0.29) is 95.0 Å². The van der Waals surface area contributed by atoms with E-state index in [1.807, 2.05) is 0 Å². The standard InChI is InChI=1S/Bi.Cu.Pb.Sb.8H. The van der Waals surface area contributed by atoms with E-state index in [2.05, 4.69) is 0 Å². The van der Waals surface area contributed by atoms with E-state index in [0.29, 0.717) is 0 Å². The molecule has 0 fully saturated rings. The van der Waals surface area contributed by atoms with Gasteiger partial charge in [-0.1, -0.05) is 0 Å². The van der Waals surface area contributed by atoms with Crippen molar-refractivity contribution < 1.29 is 17.1 Å². The van der Waals surface area contributed by atoms with Gasteiger partial charge in [-0.3, -0.25) is 0 Å². The molecule has 0 N–H and O–H groups in total. The molecule has 0 aliphatic rings. The SMILES string of the molecule is [BiH3].[Cu].[PbH2].[SbH3]. The van der Waals surface area contributed by atoms with Crippen LogP contribution in [0.5, 0.6) is 0 Å². The molecule has 0 aromatic heterocycles. The van der Waals surface area contributed by atoms with Crippen molar-refractivity contribution in [3.05, 3.63) is 0 Å². The van der Waals surface area contributed by atoms with Crippen LogP contribution in [0.15, 0.2) is 0 Å². The summed E-state index contributed by atoms with van der Waals surface area (Å²) < 4.78 is 0. The second-order valence-corrected chi connectivity index (χ2v) is 0. The first-order chi connectivity index (χ1) is 0. The third-order valence-electron chi connectivity index (χ3n) is 0. The fourth-order valence-electron chi connectivity index (χ4n) is 0. The molecule has 0 bridgehead atoms. The molecule has 0 aliphatic carbocycles. The van der Waals surface area contributed by atoms with Gasteiger partial charge in [0.05, 0.1) is 0 Å². The van der Waals surface area contributed by atoms with Crippen LogP contribution in [0.25, 0.3) is 0 Å². The summed E-state index contributed by atoms with van der Waals surface area (Å²) in [5, 5.41) is 0. The number of hydrogen-bond donors (Lipinski definition) is 0. The Morgan fingerprint density at radius 1 is 1.00 bits per heavy atom. The predicted molar refractivity (Wildman–Crippen MR) is 28.4 cm³/mol. The molecule has 0 saturated heterocycles. The van der Waals surface area contributed by atoms with E-state index in [0.717, 1.165) is 0 Å². The van der Waals surface area contributed by atoms with Crippen molar-refractivity contribution in [2.75, 3.05) is 0 Å². The molecular weight excluding hydrogens is 601 g/mol. The fourth-order valence-corrected chi connectivity index (χ4v) is 0. The molecule has 0 saturated carbocycles. The predicted octanol–water partition coefficient (Wildman–Crippen LogP) is -3.29. The van der Waals surface area contributed by atoms with E-state index in [1.165, 1.54) is 0 Å². The molecule has 0 aliphatic heterocycles. The third-order valence-corrected chi connectivity index (χ3v) is 0. The number of hydrogen-bond acceptors (Lipinski definition) is 0. The maximum absolute atomic E-state index is 0. The first-order valence-electron chi connectivity index (χ1n) is 0. The van der Waals surface area contributed by atoms with Crippen LogP contribution in [-0.4, -0.2) is 77.9 Å². The maximum atomic E-state index is 0. The van der Waals surface area contributed by atoms with Crippen LogP contribution in [-0.2, 0) is 17.1 Å². The molecule has 0 rings (SSSR count). The Hall–Kier alpha value is 3.14. The van der Waals surface area contributed by atoms with Crippen molar-refractivity contribution in [1.82, 2.24) is 0 Å². The molecule has 33 valence electrons. The zero-order valence-corrected chi connectivity index (χ0v) is 18.4. The number of rotatable bonds is 0. The summed E-state index contributed by atoms with van der Waals surface area (Å²) in [6, 6.07) is 0. The quantitative estimate of drug-likeness (QED) is 0.253. The molecule has 4 heteroatoms. The molecule has 0 heterocycles. The zero-order valence-electron chi connectivity index (χ0n) is 2.42. The monoisotopic (exact) mass is 609 g/mol. The van der Waals surface area contributed by atoms with E-state index < -0.39 is 0 Å². The van der Waals surface area contributed by atoms with Gasteiger partial charge in [0.25, 0.3) is 0 Å². The average Bonchev–Trinajstić information content (AvgIpc) is 0. The summed E-state index contributed by atoms with van der Waals surface area (Å²) in [5.41, 5.74) is 0. The summed E-state index contributed by atoms with van der Waals surface area (Å²) in [7, 11) is 0. The topological polar surface area (TPSA) is 0 Å². The van der Waals surface area contributed by atoms with Crippen LogP contribution >= 0.6 is 0 Å². The molecule has 0 amide bonds. The van der Waals surface area contributed by atoms with Crippen molar-refractivity contribution in [1.29, 1.82) is 0 Å². The van der Waals surface area contributed by atoms with Gasteiger partial charge in [-0.2, -0.15) is 0 Å². The van der Waals surface area contributed by atoms with Crippen molar-refractivity contribution >= 4 is 77.9 Å². The Balaban J connectivity index is 0. The molecular formula is H8BiCuPbSb. The van der Waals surface area contributed by atoms with Crippen molar-refractivity contribution in [2.45, 2.75) is 0 Å². The van der Waals surface area contributed by atoms with Gasteiger partial charge in [0.2, 0.25) is 0 Å². The van der Waals surface area contributed by atoms with E-state index in [1.54, 1.807) is 0 Å². The van der Waals surface area contributed by atoms with Gasteiger partial charge in [0.1, 0.15) is 0 Å². The summed E-state index contributed by atoms with van der Waals surface area (Å²) in [6.07, 6.45) is 0. The van der Waals surface area contributed by atoms with Gasteiger partial charge in [0, 0.05) is 17.1 Å². The minimum absolute atomic E-state index is 0. The van der Waals surface area contributed by atoms with Crippen LogP contribution in [0.4, 0.5) is 0 Å². The van der Waals surface area contributed by atoms with Gasteiger partial charge in [-0.25, -0.2) is 0 Å². The first-order valence-corrected chi connectivity index (χ1v) is 0. The van der Waals surface area contributed by atoms with Crippen molar-refractivity contribution in [3.8, 4) is 0 Å². The van der Waals surface area contributed by atoms with Crippen LogP contribution in [0, 0.1) is 0 Å². The first kappa shape index (κ1) is 27.3. The van der Waals surface area contributed by atoms with Crippen LogP contribution in [0.3, 0.4) is 0 Å². The normalized spacial score (nSPS) is 0. The zero-order chi connectivity index (χ0) is 0.